The predicted octanol–water partition coefficient (Wildman–Crippen LogP) is 4.10. The first kappa shape index (κ1) is 12.7. The maximum Gasteiger partial charge on any atom is 0.573 e. The molecule has 0 aliphatic rings. The number of hydrogen-bond donors (Lipinski definition) is 0. The maximum absolute atomic E-state index is 12.0. The van der Waals surface area contributed by atoms with Crippen LogP contribution in [0.1, 0.15) is 0 Å². The zero-order valence-corrected chi connectivity index (χ0v) is 9.59. The van der Waals surface area contributed by atoms with Crippen molar-refractivity contribution in [2.45, 2.75) is 6.36 Å². The van der Waals surface area contributed by atoms with Crippen LogP contribution in [0.15, 0.2) is 36.5 Å². The summed E-state index contributed by atoms with van der Waals surface area (Å²) in [6, 6.07) is 9.71. The Morgan fingerprint density at radius 1 is 1.17 bits per heavy atom. The van der Waals surface area contributed by atoms with Crippen molar-refractivity contribution in [3.8, 4) is 17.0 Å². The van der Waals surface area contributed by atoms with Gasteiger partial charge in [-0.25, -0.2) is 0 Å². The van der Waals surface area contributed by atoms with E-state index in [1.807, 2.05) is 0 Å². The van der Waals surface area contributed by atoms with Crippen LogP contribution in [0.3, 0.4) is 0 Å². The maximum atomic E-state index is 12.0. The Morgan fingerprint density at radius 2 is 1.83 bits per heavy atom. The van der Waals surface area contributed by atoms with Gasteiger partial charge in [0, 0.05) is 17.8 Å². The first-order chi connectivity index (χ1) is 8.44. The number of ether oxygens (including phenoxy) is 1. The molecule has 0 amide bonds. The third kappa shape index (κ3) is 3.37. The minimum atomic E-state index is -4.69. The molecule has 18 heavy (non-hydrogen) atoms. The van der Waals surface area contributed by atoms with Crippen molar-refractivity contribution in [2.24, 2.45) is 0 Å². The van der Waals surface area contributed by atoms with Gasteiger partial charge in [-0.15, -0.1) is 13.2 Å². The first-order valence-corrected chi connectivity index (χ1v) is 5.21. The van der Waals surface area contributed by atoms with E-state index in [2.05, 4.69) is 15.8 Å². The minimum Gasteiger partial charge on any atom is -0.406 e. The molecule has 0 N–H and O–H groups in total. The summed E-state index contributed by atoms with van der Waals surface area (Å²) in [6.07, 6.45) is -3.25. The number of nitrogens with zero attached hydrogens (tertiary/aromatic N) is 1. The quantitative estimate of drug-likeness (QED) is 0.821. The van der Waals surface area contributed by atoms with Gasteiger partial charge in [0.15, 0.2) is 0 Å². The zero-order valence-electron chi connectivity index (χ0n) is 8.83. The number of hydrogen-bond acceptors (Lipinski definition) is 2. The summed E-state index contributed by atoms with van der Waals surface area (Å²) in [4.78, 5) is 4.00. The smallest absolute Gasteiger partial charge is 0.406 e. The van der Waals surface area contributed by atoms with Crippen molar-refractivity contribution in [1.29, 1.82) is 0 Å². The van der Waals surface area contributed by atoms with Crippen LogP contribution < -0.4 is 4.74 Å². The Balaban J connectivity index is 2.20. The largest absolute Gasteiger partial charge is 0.573 e. The molecule has 1 aromatic heterocycles. The normalized spacial score (nSPS) is 11.3. The predicted molar refractivity (Wildman–Crippen MR) is 60.2 cm³/mol. The summed E-state index contributed by atoms with van der Waals surface area (Å²) in [5, 5.41) is 0.441. The molecule has 2 nitrogen and oxygen atoms in total. The second-order valence-corrected chi connectivity index (χ2v) is 3.79. The van der Waals surface area contributed by atoms with Crippen LogP contribution in [0, 0.1) is 6.07 Å². The molecule has 0 aliphatic carbocycles. The summed E-state index contributed by atoms with van der Waals surface area (Å²) in [5.41, 5.74) is 1.12. The lowest BCUT2D eigenvalue weighted by atomic mass is 10.1. The van der Waals surface area contributed by atoms with Gasteiger partial charge in [0.25, 0.3) is 0 Å². The SMILES string of the molecule is FC(F)(F)Oc1ccc(-c2[c]cc(Cl)cn2)cc1. The van der Waals surface area contributed by atoms with E-state index in [1.54, 1.807) is 0 Å². The van der Waals surface area contributed by atoms with Gasteiger partial charge < -0.3 is 4.74 Å². The lowest BCUT2D eigenvalue weighted by molar-refractivity contribution is -0.274. The van der Waals surface area contributed by atoms with Gasteiger partial charge in [0.1, 0.15) is 5.75 Å². The van der Waals surface area contributed by atoms with Crippen LogP contribution >= 0.6 is 11.6 Å². The number of pyridine rings is 1. The third-order valence-corrected chi connectivity index (χ3v) is 2.23. The molecule has 0 spiro atoms. The standard InChI is InChI=1S/C12H6ClF3NO/c13-9-3-6-11(17-7-9)8-1-4-10(5-2-8)18-12(14,15)16/h1-5,7H. The van der Waals surface area contributed by atoms with Crippen LogP contribution in [0.4, 0.5) is 13.2 Å². The first-order valence-electron chi connectivity index (χ1n) is 4.83. The highest BCUT2D eigenvalue weighted by atomic mass is 35.5. The fraction of sp³-hybridized carbons (Fsp3) is 0.0833. The van der Waals surface area contributed by atoms with E-state index >= 15 is 0 Å². The molecular formula is C12H6ClF3NO. The third-order valence-electron chi connectivity index (χ3n) is 2.03. The summed E-state index contributed by atoms with van der Waals surface area (Å²) >= 11 is 5.66. The average Bonchev–Trinajstić information content (AvgIpc) is 2.29. The summed E-state index contributed by atoms with van der Waals surface area (Å²) in [6.45, 7) is 0. The highest BCUT2D eigenvalue weighted by Gasteiger charge is 2.30. The van der Waals surface area contributed by atoms with Crippen LogP contribution in [0.25, 0.3) is 11.3 Å². The van der Waals surface area contributed by atoms with Gasteiger partial charge in [-0.3, -0.25) is 4.98 Å². The molecule has 0 bridgehead atoms. The molecule has 1 heterocycles. The highest BCUT2D eigenvalue weighted by molar-refractivity contribution is 6.30. The molecule has 6 heteroatoms. The molecule has 0 saturated heterocycles. The number of halogens is 4. The molecule has 93 valence electrons. The Hall–Kier alpha value is -1.75. The molecular weight excluding hydrogens is 267 g/mol. The molecule has 0 atom stereocenters. The molecule has 1 radical (unpaired) electrons. The number of rotatable bonds is 2. The molecule has 2 rings (SSSR count). The molecule has 0 unspecified atom stereocenters. The summed E-state index contributed by atoms with van der Waals surface area (Å²) in [7, 11) is 0. The molecule has 0 saturated carbocycles. The van der Waals surface area contributed by atoms with Gasteiger partial charge in [-0.05, 0) is 30.3 Å². The Kier molecular flexibility index (Phi) is 3.43. The van der Waals surface area contributed by atoms with Gasteiger partial charge in [-0.2, -0.15) is 0 Å². The Morgan fingerprint density at radius 3 is 2.33 bits per heavy atom. The number of benzene rings is 1. The molecule has 0 aliphatic heterocycles. The van der Waals surface area contributed by atoms with Crippen LogP contribution in [-0.4, -0.2) is 11.3 Å². The fourth-order valence-electron chi connectivity index (χ4n) is 1.31. The second-order valence-electron chi connectivity index (χ2n) is 3.35. The van der Waals surface area contributed by atoms with E-state index in [1.165, 1.54) is 36.5 Å². The van der Waals surface area contributed by atoms with Crippen LogP contribution in [0.2, 0.25) is 5.02 Å². The Labute approximate surface area is 106 Å². The number of aromatic nitrogens is 1. The van der Waals surface area contributed by atoms with Crippen molar-refractivity contribution in [1.82, 2.24) is 4.98 Å². The molecule has 1 aromatic carbocycles. The van der Waals surface area contributed by atoms with Gasteiger partial charge in [0.05, 0.1) is 10.7 Å². The molecule has 2 aromatic rings. The van der Waals surface area contributed by atoms with E-state index in [4.69, 9.17) is 11.6 Å². The van der Waals surface area contributed by atoms with E-state index in [9.17, 15) is 13.2 Å². The van der Waals surface area contributed by atoms with Crippen molar-refractivity contribution in [2.75, 3.05) is 0 Å². The zero-order chi connectivity index (χ0) is 13.2. The van der Waals surface area contributed by atoms with Crippen LogP contribution in [-0.2, 0) is 0 Å². The van der Waals surface area contributed by atoms with Gasteiger partial charge in [0.2, 0.25) is 0 Å². The van der Waals surface area contributed by atoms with E-state index < -0.39 is 6.36 Å². The van der Waals surface area contributed by atoms with Gasteiger partial charge >= 0.3 is 6.36 Å². The second kappa shape index (κ2) is 4.86. The fourth-order valence-corrected chi connectivity index (χ4v) is 1.41. The van der Waals surface area contributed by atoms with Crippen molar-refractivity contribution < 1.29 is 17.9 Å². The minimum absolute atomic E-state index is 0.278. The Bertz CT molecular complexity index is 523. The van der Waals surface area contributed by atoms with E-state index in [0.29, 0.717) is 16.3 Å². The monoisotopic (exact) mass is 272 g/mol. The highest BCUT2D eigenvalue weighted by Crippen LogP contribution is 2.25. The van der Waals surface area contributed by atoms with E-state index in [-0.39, 0.29) is 5.75 Å². The lowest BCUT2D eigenvalue weighted by Gasteiger charge is -2.09. The molecule has 0 fully saturated rings. The summed E-state index contributed by atoms with van der Waals surface area (Å²) in [5.74, 6) is -0.278. The van der Waals surface area contributed by atoms with E-state index in [0.717, 1.165) is 0 Å². The lowest BCUT2D eigenvalue weighted by Crippen LogP contribution is -2.16. The van der Waals surface area contributed by atoms with Crippen molar-refractivity contribution >= 4 is 11.6 Å². The van der Waals surface area contributed by atoms with Crippen molar-refractivity contribution in [3.63, 3.8) is 0 Å². The van der Waals surface area contributed by atoms with Crippen LogP contribution in [0.5, 0.6) is 5.75 Å². The van der Waals surface area contributed by atoms with Gasteiger partial charge in [-0.1, -0.05) is 11.6 Å². The topological polar surface area (TPSA) is 22.1 Å². The average molecular weight is 273 g/mol. The van der Waals surface area contributed by atoms with Crippen molar-refractivity contribution in [3.05, 3.63) is 47.6 Å². The number of alkyl halides is 3. The summed E-state index contributed by atoms with van der Waals surface area (Å²) < 4.78 is 39.6.